The molecule has 1 aliphatic rings. The standard InChI is InChI=1S/C18H23N3O2S/c1-5-11-6-7-13-14(8-11)24-17(19-13)20-16(23)12-9-15(22)21(10-12)18(2,3)4/h6-8,12H,5,9-10H2,1-4H3,(H,19,20,23). The van der Waals surface area contributed by atoms with E-state index in [-0.39, 0.29) is 29.7 Å². The Morgan fingerprint density at radius 1 is 1.42 bits per heavy atom. The molecule has 1 aromatic carbocycles. The number of anilines is 1. The van der Waals surface area contributed by atoms with E-state index in [0.29, 0.717) is 11.7 Å². The van der Waals surface area contributed by atoms with E-state index in [9.17, 15) is 9.59 Å². The van der Waals surface area contributed by atoms with Crippen molar-refractivity contribution in [1.29, 1.82) is 0 Å². The molecule has 24 heavy (non-hydrogen) atoms. The van der Waals surface area contributed by atoms with E-state index >= 15 is 0 Å². The molecule has 2 heterocycles. The average Bonchev–Trinajstić information content (AvgIpc) is 3.08. The molecule has 0 spiro atoms. The first kappa shape index (κ1) is 16.9. The number of nitrogens with one attached hydrogen (secondary N) is 1. The van der Waals surface area contributed by atoms with E-state index in [1.807, 2.05) is 26.8 Å². The Bertz CT molecular complexity index is 791. The van der Waals surface area contributed by atoms with Crippen molar-refractivity contribution in [3.63, 3.8) is 0 Å². The molecule has 1 saturated heterocycles. The summed E-state index contributed by atoms with van der Waals surface area (Å²) < 4.78 is 1.07. The lowest BCUT2D eigenvalue weighted by atomic mass is 10.1. The molecule has 1 unspecified atom stereocenters. The van der Waals surface area contributed by atoms with Crippen LogP contribution in [0.2, 0.25) is 0 Å². The quantitative estimate of drug-likeness (QED) is 0.927. The van der Waals surface area contributed by atoms with Crippen LogP contribution in [-0.2, 0) is 16.0 Å². The number of aryl methyl sites for hydroxylation is 1. The van der Waals surface area contributed by atoms with Gasteiger partial charge in [0.1, 0.15) is 0 Å². The minimum absolute atomic E-state index is 0.0412. The maximum absolute atomic E-state index is 12.5. The molecule has 1 fully saturated rings. The number of aromatic nitrogens is 1. The van der Waals surface area contributed by atoms with Crippen LogP contribution in [0.15, 0.2) is 18.2 Å². The number of likely N-dealkylation sites (tertiary alicyclic amines) is 1. The highest BCUT2D eigenvalue weighted by molar-refractivity contribution is 7.22. The smallest absolute Gasteiger partial charge is 0.231 e. The van der Waals surface area contributed by atoms with Crippen molar-refractivity contribution in [3.05, 3.63) is 23.8 Å². The number of rotatable bonds is 3. The lowest BCUT2D eigenvalue weighted by molar-refractivity contribution is -0.131. The van der Waals surface area contributed by atoms with Crippen LogP contribution in [0.25, 0.3) is 10.2 Å². The van der Waals surface area contributed by atoms with Crippen LogP contribution in [0.4, 0.5) is 5.13 Å². The molecule has 1 aliphatic heterocycles. The number of benzene rings is 1. The minimum Gasteiger partial charge on any atom is -0.337 e. The summed E-state index contributed by atoms with van der Waals surface area (Å²) in [6.45, 7) is 8.56. The Morgan fingerprint density at radius 2 is 2.17 bits per heavy atom. The minimum atomic E-state index is -0.310. The Morgan fingerprint density at radius 3 is 2.79 bits per heavy atom. The number of amides is 2. The second-order valence-electron chi connectivity index (χ2n) is 7.24. The van der Waals surface area contributed by atoms with Gasteiger partial charge in [-0.25, -0.2) is 4.98 Å². The van der Waals surface area contributed by atoms with Gasteiger partial charge < -0.3 is 10.2 Å². The monoisotopic (exact) mass is 345 g/mol. The first-order chi connectivity index (χ1) is 11.3. The van der Waals surface area contributed by atoms with E-state index < -0.39 is 0 Å². The Labute approximate surface area is 146 Å². The summed E-state index contributed by atoms with van der Waals surface area (Å²) in [5.74, 6) is -0.389. The highest BCUT2D eigenvalue weighted by atomic mass is 32.1. The predicted molar refractivity (Wildman–Crippen MR) is 97.2 cm³/mol. The van der Waals surface area contributed by atoms with E-state index in [0.717, 1.165) is 16.6 Å². The second kappa shape index (κ2) is 6.16. The first-order valence-electron chi connectivity index (χ1n) is 8.28. The van der Waals surface area contributed by atoms with Crippen molar-refractivity contribution in [3.8, 4) is 0 Å². The number of thiazole rings is 1. The zero-order valence-corrected chi connectivity index (χ0v) is 15.4. The van der Waals surface area contributed by atoms with Gasteiger partial charge >= 0.3 is 0 Å². The lowest BCUT2D eigenvalue weighted by Crippen LogP contribution is -2.42. The molecule has 0 aliphatic carbocycles. The fourth-order valence-electron chi connectivity index (χ4n) is 2.98. The van der Waals surface area contributed by atoms with Gasteiger partial charge in [-0.1, -0.05) is 24.3 Å². The molecule has 1 N–H and O–H groups in total. The molecule has 2 aromatic rings. The molecule has 0 saturated carbocycles. The van der Waals surface area contributed by atoms with E-state index in [4.69, 9.17) is 0 Å². The number of carbonyl (C=O) groups excluding carboxylic acids is 2. The van der Waals surface area contributed by atoms with Crippen LogP contribution in [0.3, 0.4) is 0 Å². The van der Waals surface area contributed by atoms with Gasteiger partial charge in [0.25, 0.3) is 0 Å². The third-order valence-electron chi connectivity index (χ3n) is 4.40. The van der Waals surface area contributed by atoms with Gasteiger partial charge in [-0.3, -0.25) is 9.59 Å². The van der Waals surface area contributed by atoms with Crippen molar-refractivity contribution >= 4 is 38.5 Å². The average molecular weight is 345 g/mol. The van der Waals surface area contributed by atoms with Gasteiger partial charge in [0, 0.05) is 18.5 Å². The molecule has 1 aromatic heterocycles. The zero-order valence-electron chi connectivity index (χ0n) is 14.5. The molecule has 5 nitrogen and oxygen atoms in total. The molecule has 128 valence electrons. The second-order valence-corrected chi connectivity index (χ2v) is 8.27. The van der Waals surface area contributed by atoms with Crippen LogP contribution in [0.5, 0.6) is 0 Å². The Balaban J connectivity index is 1.72. The fraction of sp³-hybridized carbons (Fsp3) is 0.500. The van der Waals surface area contributed by atoms with Gasteiger partial charge in [-0.2, -0.15) is 0 Å². The van der Waals surface area contributed by atoms with E-state index in [1.165, 1.54) is 16.9 Å². The van der Waals surface area contributed by atoms with Crippen molar-refractivity contribution in [1.82, 2.24) is 9.88 Å². The molecule has 2 amide bonds. The number of nitrogens with zero attached hydrogens (tertiary/aromatic N) is 2. The zero-order chi connectivity index (χ0) is 17.5. The molecule has 0 bridgehead atoms. The summed E-state index contributed by atoms with van der Waals surface area (Å²) in [4.78, 5) is 30.9. The van der Waals surface area contributed by atoms with Crippen molar-refractivity contribution in [2.24, 2.45) is 5.92 Å². The van der Waals surface area contributed by atoms with Crippen LogP contribution in [0.1, 0.15) is 39.7 Å². The van der Waals surface area contributed by atoms with Crippen LogP contribution in [-0.4, -0.2) is 33.8 Å². The summed E-state index contributed by atoms with van der Waals surface area (Å²) in [5.41, 5.74) is 1.90. The molecule has 3 rings (SSSR count). The Hall–Kier alpha value is -1.95. The topological polar surface area (TPSA) is 62.3 Å². The molecular formula is C18H23N3O2S. The van der Waals surface area contributed by atoms with Crippen LogP contribution in [0, 0.1) is 5.92 Å². The van der Waals surface area contributed by atoms with Crippen LogP contribution < -0.4 is 5.32 Å². The SMILES string of the molecule is CCc1ccc2nc(NC(=O)C3CC(=O)N(C(C)(C)C)C3)sc2c1. The lowest BCUT2D eigenvalue weighted by Gasteiger charge is -2.31. The van der Waals surface area contributed by atoms with Gasteiger partial charge in [0.05, 0.1) is 16.1 Å². The maximum atomic E-state index is 12.5. The molecular weight excluding hydrogens is 322 g/mol. The van der Waals surface area contributed by atoms with Crippen molar-refractivity contribution in [2.45, 2.75) is 46.1 Å². The van der Waals surface area contributed by atoms with E-state index in [2.05, 4.69) is 29.4 Å². The number of carbonyl (C=O) groups is 2. The third kappa shape index (κ3) is 3.29. The highest BCUT2D eigenvalue weighted by Gasteiger charge is 2.39. The van der Waals surface area contributed by atoms with Gasteiger partial charge in [-0.05, 0) is 44.9 Å². The van der Waals surface area contributed by atoms with Crippen molar-refractivity contribution in [2.75, 3.05) is 11.9 Å². The largest absolute Gasteiger partial charge is 0.337 e. The number of hydrogen-bond donors (Lipinski definition) is 1. The predicted octanol–water partition coefficient (Wildman–Crippen LogP) is 3.44. The molecule has 1 atom stereocenters. The first-order valence-corrected chi connectivity index (χ1v) is 9.10. The summed E-state index contributed by atoms with van der Waals surface area (Å²) in [7, 11) is 0. The van der Waals surface area contributed by atoms with Gasteiger partial charge in [0.15, 0.2) is 5.13 Å². The normalized spacial score (nSPS) is 18.4. The molecule has 6 heteroatoms. The highest BCUT2D eigenvalue weighted by Crippen LogP contribution is 2.30. The van der Waals surface area contributed by atoms with Crippen molar-refractivity contribution < 1.29 is 9.59 Å². The summed E-state index contributed by atoms with van der Waals surface area (Å²) in [6, 6.07) is 6.16. The summed E-state index contributed by atoms with van der Waals surface area (Å²) in [6.07, 6.45) is 1.25. The van der Waals surface area contributed by atoms with E-state index in [1.54, 1.807) is 4.90 Å². The Kier molecular flexibility index (Phi) is 4.34. The fourth-order valence-corrected chi connectivity index (χ4v) is 3.91. The maximum Gasteiger partial charge on any atom is 0.231 e. The number of fused-ring (bicyclic) bond motifs is 1. The summed E-state index contributed by atoms with van der Waals surface area (Å²) >= 11 is 1.48. The van der Waals surface area contributed by atoms with Gasteiger partial charge in [0.2, 0.25) is 11.8 Å². The number of hydrogen-bond acceptors (Lipinski definition) is 4. The third-order valence-corrected chi connectivity index (χ3v) is 5.33. The van der Waals surface area contributed by atoms with Crippen LogP contribution >= 0.6 is 11.3 Å². The molecule has 0 radical (unpaired) electrons. The van der Waals surface area contributed by atoms with Gasteiger partial charge in [-0.15, -0.1) is 0 Å². The summed E-state index contributed by atoms with van der Waals surface area (Å²) in [5, 5.41) is 3.49.